The van der Waals surface area contributed by atoms with Gasteiger partial charge in [0.15, 0.2) is 11.6 Å². The Labute approximate surface area is 151 Å². The molecule has 2 amide bonds. The molecule has 2 N–H and O–H groups in total. The molecule has 0 unspecified atom stereocenters. The highest BCUT2D eigenvalue weighted by molar-refractivity contribution is 5.95. The molecule has 2 rings (SSSR count). The molecule has 0 aliphatic rings. The molecule has 0 aliphatic carbocycles. The zero-order valence-corrected chi connectivity index (χ0v) is 14.9. The Balaban J connectivity index is 1.86. The molecule has 5 nitrogen and oxygen atoms in total. The lowest BCUT2D eigenvalue weighted by molar-refractivity contribution is -0.119. The van der Waals surface area contributed by atoms with Crippen LogP contribution < -0.4 is 10.6 Å². The summed E-state index contributed by atoms with van der Waals surface area (Å²) in [5.74, 6) is -2.70. The molecule has 26 heavy (non-hydrogen) atoms. The van der Waals surface area contributed by atoms with Crippen molar-refractivity contribution in [3.63, 3.8) is 0 Å². The molecule has 2 aromatic rings. The van der Waals surface area contributed by atoms with Crippen LogP contribution in [0.1, 0.15) is 11.1 Å². The second kappa shape index (κ2) is 8.53. The van der Waals surface area contributed by atoms with Crippen LogP contribution in [-0.4, -0.2) is 36.9 Å². The fourth-order valence-corrected chi connectivity index (χ4v) is 2.40. The maximum absolute atomic E-state index is 13.1. The Kier molecular flexibility index (Phi) is 6.41. The van der Waals surface area contributed by atoms with E-state index in [1.54, 1.807) is 7.05 Å². The number of hydrogen-bond donors (Lipinski definition) is 2. The number of benzene rings is 2. The summed E-state index contributed by atoms with van der Waals surface area (Å²) < 4.78 is 26.0. The van der Waals surface area contributed by atoms with Crippen LogP contribution in [0.3, 0.4) is 0 Å². The Morgan fingerprint density at radius 1 is 0.962 bits per heavy atom. The largest absolute Gasteiger partial charge is 0.325 e. The van der Waals surface area contributed by atoms with Gasteiger partial charge in [0.05, 0.1) is 13.1 Å². The van der Waals surface area contributed by atoms with Crippen LogP contribution in [0.25, 0.3) is 0 Å². The number of nitrogens with one attached hydrogen (secondary N) is 2. The molecule has 0 spiro atoms. The number of hydrogen-bond acceptors (Lipinski definition) is 3. The van der Waals surface area contributed by atoms with Crippen LogP contribution in [0.4, 0.5) is 20.2 Å². The van der Waals surface area contributed by atoms with Crippen molar-refractivity contribution in [2.45, 2.75) is 13.8 Å². The first-order valence-corrected chi connectivity index (χ1v) is 8.06. The number of amides is 2. The average Bonchev–Trinajstić information content (AvgIpc) is 2.55. The van der Waals surface area contributed by atoms with Gasteiger partial charge >= 0.3 is 0 Å². The third kappa shape index (κ3) is 5.35. The predicted octanol–water partition coefficient (Wildman–Crippen LogP) is 3.09. The highest BCUT2D eigenvalue weighted by atomic mass is 19.2. The quantitative estimate of drug-likeness (QED) is 0.831. The van der Waals surface area contributed by atoms with Crippen molar-refractivity contribution in [2.75, 3.05) is 30.8 Å². The molecule has 0 radical (unpaired) electrons. The Bertz CT molecular complexity index is 824. The van der Waals surface area contributed by atoms with Crippen LogP contribution in [-0.2, 0) is 9.59 Å². The minimum Gasteiger partial charge on any atom is -0.325 e. The van der Waals surface area contributed by atoms with E-state index in [0.717, 1.165) is 28.9 Å². The second-order valence-electron chi connectivity index (χ2n) is 6.15. The van der Waals surface area contributed by atoms with Gasteiger partial charge in [-0.3, -0.25) is 14.5 Å². The Morgan fingerprint density at radius 3 is 2.27 bits per heavy atom. The van der Waals surface area contributed by atoms with Gasteiger partial charge in [-0.15, -0.1) is 0 Å². The van der Waals surface area contributed by atoms with Gasteiger partial charge in [-0.25, -0.2) is 8.78 Å². The molecule has 0 saturated carbocycles. The fourth-order valence-electron chi connectivity index (χ4n) is 2.40. The summed E-state index contributed by atoms with van der Waals surface area (Å²) in [6, 6.07) is 8.74. The van der Waals surface area contributed by atoms with Crippen molar-refractivity contribution >= 4 is 23.2 Å². The van der Waals surface area contributed by atoms with E-state index in [0.29, 0.717) is 0 Å². The summed E-state index contributed by atoms with van der Waals surface area (Å²) in [6.45, 7) is 3.82. The van der Waals surface area contributed by atoms with Crippen molar-refractivity contribution in [1.82, 2.24) is 4.90 Å². The average molecular weight is 361 g/mol. The first-order valence-electron chi connectivity index (χ1n) is 8.06. The van der Waals surface area contributed by atoms with Gasteiger partial charge in [0, 0.05) is 17.4 Å². The molecule has 0 saturated heterocycles. The van der Waals surface area contributed by atoms with E-state index in [1.807, 2.05) is 32.0 Å². The molecule has 0 heterocycles. The SMILES string of the molecule is Cc1cccc(NC(=O)CN(C)CC(=O)Nc2ccc(F)c(F)c2)c1C. The van der Waals surface area contributed by atoms with E-state index >= 15 is 0 Å². The number of anilines is 2. The Hall–Kier alpha value is -2.80. The third-order valence-electron chi connectivity index (χ3n) is 3.91. The van der Waals surface area contributed by atoms with Gasteiger partial charge in [0.1, 0.15) is 0 Å². The van der Waals surface area contributed by atoms with Gasteiger partial charge in [0.25, 0.3) is 0 Å². The van der Waals surface area contributed by atoms with Gasteiger partial charge in [-0.2, -0.15) is 0 Å². The molecule has 0 aromatic heterocycles. The smallest absolute Gasteiger partial charge is 0.238 e. The van der Waals surface area contributed by atoms with E-state index < -0.39 is 17.5 Å². The molecule has 0 aliphatic heterocycles. The number of carbonyl (C=O) groups excluding carboxylic acids is 2. The maximum atomic E-state index is 13.1. The standard InChI is InChI=1S/C19H21F2N3O2/c1-12-5-4-6-17(13(12)2)23-19(26)11-24(3)10-18(25)22-14-7-8-15(20)16(21)9-14/h4-9H,10-11H2,1-3H3,(H,22,25)(H,23,26). The van der Waals surface area contributed by atoms with Crippen LogP contribution in [0.5, 0.6) is 0 Å². The normalized spacial score (nSPS) is 10.7. The summed E-state index contributed by atoms with van der Waals surface area (Å²) in [4.78, 5) is 25.6. The molecular formula is C19H21F2N3O2. The van der Waals surface area contributed by atoms with Gasteiger partial charge in [-0.05, 0) is 50.2 Å². The van der Waals surface area contributed by atoms with Crippen molar-refractivity contribution in [1.29, 1.82) is 0 Å². The molecule has 138 valence electrons. The minimum absolute atomic E-state index is 0.0125. The van der Waals surface area contributed by atoms with Crippen molar-refractivity contribution in [2.24, 2.45) is 0 Å². The lowest BCUT2D eigenvalue weighted by Gasteiger charge is -2.17. The van der Waals surface area contributed by atoms with Crippen LogP contribution in [0.2, 0.25) is 0 Å². The molecule has 0 fully saturated rings. The number of halogens is 2. The van der Waals surface area contributed by atoms with E-state index in [9.17, 15) is 18.4 Å². The van der Waals surface area contributed by atoms with Crippen LogP contribution in [0, 0.1) is 25.5 Å². The molecular weight excluding hydrogens is 340 g/mol. The topological polar surface area (TPSA) is 61.4 Å². The van der Waals surface area contributed by atoms with E-state index in [1.165, 1.54) is 11.0 Å². The summed E-state index contributed by atoms with van der Waals surface area (Å²) in [5.41, 5.74) is 2.94. The van der Waals surface area contributed by atoms with Gasteiger partial charge in [0.2, 0.25) is 11.8 Å². The monoisotopic (exact) mass is 361 g/mol. The number of likely N-dealkylation sites (N-methyl/N-ethyl adjacent to an activating group) is 1. The lowest BCUT2D eigenvalue weighted by Crippen LogP contribution is -2.36. The molecule has 7 heteroatoms. The third-order valence-corrected chi connectivity index (χ3v) is 3.91. The first-order chi connectivity index (χ1) is 12.3. The van der Waals surface area contributed by atoms with E-state index in [-0.39, 0.29) is 24.7 Å². The zero-order valence-electron chi connectivity index (χ0n) is 14.9. The molecule has 0 atom stereocenters. The van der Waals surface area contributed by atoms with Gasteiger partial charge < -0.3 is 10.6 Å². The summed E-state index contributed by atoms with van der Waals surface area (Å²) in [7, 11) is 1.62. The Morgan fingerprint density at radius 2 is 1.62 bits per heavy atom. The highest BCUT2D eigenvalue weighted by Crippen LogP contribution is 2.17. The number of carbonyl (C=O) groups is 2. The fraction of sp³-hybridized carbons (Fsp3) is 0.263. The van der Waals surface area contributed by atoms with Crippen molar-refractivity contribution in [3.05, 3.63) is 59.2 Å². The highest BCUT2D eigenvalue weighted by Gasteiger charge is 2.13. The molecule has 0 bridgehead atoms. The summed E-state index contributed by atoms with van der Waals surface area (Å²) >= 11 is 0. The van der Waals surface area contributed by atoms with E-state index in [2.05, 4.69) is 10.6 Å². The predicted molar refractivity (Wildman–Crippen MR) is 97.0 cm³/mol. The summed E-state index contributed by atoms with van der Waals surface area (Å²) in [5, 5.41) is 5.28. The first kappa shape index (κ1) is 19.5. The molecule has 2 aromatic carbocycles. The van der Waals surface area contributed by atoms with Crippen LogP contribution in [0.15, 0.2) is 36.4 Å². The number of nitrogens with zero attached hydrogens (tertiary/aromatic N) is 1. The maximum Gasteiger partial charge on any atom is 0.238 e. The van der Waals surface area contributed by atoms with Crippen LogP contribution >= 0.6 is 0 Å². The van der Waals surface area contributed by atoms with Crippen molar-refractivity contribution in [3.8, 4) is 0 Å². The van der Waals surface area contributed by atoms with Gasteiger partial charge in [-0.1, -0.05) is 12.1 Å². The second-order valence-corrected chi connectivity index (χ2v) is 6.15. The van der Waals surface area contributed by atoms with E-state index in [4.69, 9.17) is 0 Å². The number of aryl methyl sites for hydroxylation is 1. The minimum atomic E-state index is -1.04. The van der Waals surface area contributed by atoms with Crippen molar-refractivity contribution < 1.29 is 18.4 Å². The number of rotatable bonds is 6. The zero-order chi connectivity index (χ0) is 19.3. The lowest BCUT2D eigenvalue weighted by atomic mass is 10.1. The summed E-state index contributed by atoms with van der Waals surface area (Å²) in [6.07, 6.45) is 0.